The molecule has 0 aliphatic heterocycles. The van der Waals surface area contributed by atoms with E-state index in [-0.39, 0.29) is 11.1 Å². The fourth-order valence-corrected chi connectivity index (χ4v) is 2.28. The van der Waals surface area contributed by atoms with Gasteiger partial charge in [-0.25, -0.2) is 9.78 Å². The first-order chi connectivity index (χ1) is 9.84. The molecule has 0 spiro atoms. The minimum absolute atomic E-state index is 0.213. The smallest absolute Gasteiger partial charge is 0.339 e. The molecule has 0 atom stereocenters. The Bertz CT molecular complexity index is 687. The average molecular weight is 284 g/mol. The second-order valence-electron chi connectivity index (χ2n) is 5.93. The van der Waals surface area contributed by atoms with Crippen molar-refractivity contribution < 1.29 is 9.90 Å². The highest BCUT2D eigenvalue weighted by molar-refractivity contribution is 5.98. The minimum atomic E-state index is -0.971. The van der Waals surface area contributed by atoms with Crippen molar-refractivity contribution in [1.82, 2.24) is 4.98 Å². The summed E-state index contributed by atoms with van der Waals surface area (Å²) >= 11 is 0. The van der Waals surface area contributed by atoms with Crippen LogP contribution in [-0.4, -0.2) is 28.1 Å². The molecule has 0 aliphatic carbocycles. The van der Waals surface area contributed by atoms with Gasteiger partial charge in [-0.1, -0.05) is 24.3 Å². The van der Waals surface area contributed by atoms with E-state index in [1.807, 2.05) is 49.9 Å². The predicted octanol–water partition coefficient (Wildman–Crippen LogP) is 3.72. The van der Waals surface area contributed by atoms with Gasteiger partial charge in [-0.2, -0.15) is 0 Å². The molecule has 0 amide bonds. The van der Waals surface area contributed by atoms with Gasteiger partial charge in [0.1, 0.15) is 11.4 Å². The van der Waals surface area contributed by atoms with E-state index in [4.69, 9.17) is 0 Å². The zero-order valence-corrected chi connectivity index (χ0v) is 12.6. The third-order valence-electron chi connectivity index (χ3n) is 3.31. The molecule has 0 fully saturated rings. The van der Waals surface area contributed by atoms with Gasteiger partial charge in [-0.15, -0.1) is 6.58 Å². The van der Waals surface area contributed by atoms with Crippen LogP contribution in [0.5, 0.6) is 0 Å². The Kier molecular flexibility index (Phi) is 3.98. The largest absolute Gasteiger partial charge is 0.478 e. The normalized spacial score (nSPS) is 11.4. The topological polar surface area (TPSA) is 53.4 Å². The third kappa shape index (κ3) is 3.05. The number of fused-ring (bicyclic) bond motifs is 1. The molecule has 0 aliphatic rings. The number of hydrogen-bond acceptors (Lipinski definition) is 3. The Hall–Kier alpha value is -2.36. The van der Waals surface area contributed by atoms with Crippen molar-refractivity contribution in [3.05, 3.63) is 48.6 Å². The van der Waals surface area contributed by atoms with Gasteiger partial charge < -0.3 is 10.0 Å². The van der Waals surface area contributed by atoms with Gasteiger partial charge in [-0.05, 0) is 32.9 Å². The number of pyridine rings is 1. The molecule has 0 saturated carbocycles. The van der Waals surface area contributed by atoms with Crippen molar-refractivity contribution in [2.75, 3.05) is 11.4 Å². The summed E-state index contributed by atoms with van der Waals surface area (Å²) in [6.45, 7) is 10.4. The summed E-state index contributed by atoms with van der Waals surface area (Å²) in [4.78, 5) is 18.1. The summed E-state index contributed by atoms with van der Waals surface area (Å²) in [6, 6.07) is 9.21. The van der Waals surface area contributed by atoms with Crippen molar-refractivity contribution >= 4 is 22.7 Å². The Labute approximate surface area is 124 Å². The number of anilines is 1. The van der Waals surface area contributed by atoms with E-state index in [1.165, 1.54) is 0 Å². The van der Waals surface area contributed by atoms with Crippen LogP contribution in [0.3, 0.4) is 0 Å². The summed E-state index contributed by atoms with van der Waals surface area (Å²) in [6.07, 6.45) is 1.76. The van der Waals surface area contributed by atoms with Crippen LogP contribution < -0.4 is 4.90 Å². The third-order valence-corrected chi connectivity index (χ3v) is 3.31. The summed E-state index contributed by atoms with van der Waals surface area (Å²) in [7, 11) is 0. The summed E-state index contributed by atoms with van der Waals surface area (Å²) < 4.78 is 0. The van der Waals surface area contributed by atoms with Crippen LogP contribution in [0, 0.1) is 0 Å². The van der Waals surface area contributed by atoms with Crippen molar-refractivity contribution in [3.63, 3.8) is 0 Å². The zero-order chi connectivity index (χ0) is 15.6. The van der Waals surface area contributed by atoms with Crippen LogP contribution in [0.4, 0.5) is 5.82 Å². The van der Waals surface area contributed by atoms with E-state index in [0.717, 1.165) is 10.9 Å². The molecule has 1 N–H and O–H groups in total. The molecule has 0 unspecified atom stereocenters. The van der Waals surface area contributed by atoms with Crippen LogP contribution in [-0.2, 0) is 0 Å². The number of nitrogens with zero attached hydrogens (tertiary/aromatic N) is 2. The van der Waals surface area contributed by atoms with Gasteiger partial charge in [0.25, 0.3) is 0 Å². The van der Waals surface area contributed by atoms with Gasteiger partial charge in [0.2, 0.25) is 0 Å². The van der Waals surface area contributed by atoms with Crippen molar-refractivity contribution in [3.8, 4) is 0 Å². The number of para-hydroxylation sites is 1. The maximum absolute atomic E-state index is 11.6. The van der Waals surface area contributed by atoms with Gasteiger partial charge in [0, 0.05) is 17.5 Å². The van der Waals surface area contributed by atoms with Crippen LogP contribution in [0.1, 0.15) is 31.1 Å². The lowest BCUT2D eigenvalue weighted by Crippen LogP contribution is -2.43. The first-order valence-corrected chi connectivity index (χ1v) is 6.86. The van der Waals surface area contributed by atoms with Crippen LogP contribution in [0.15, 0.2) is 43.0 Å². The Balaban J connectivity index is 2.72. The van der Waals surface area contributed by atoms with E-state index in [1.54, 1.807) is 12.1 Å². The molecule has 4 heteroatoms. The monoisotopic (exact) mass is 284 g/mol. The van der Waals surface area contributed by atoms with E-state index in [9.17, 15) is 9.90 Å². The summed E-state index contributed by atoms with van der Waals surface area (Å²) in [5.74, 6) is -0.491. The highest BCUT2D eigenvalue weighted by Gasteiger charge is 2.26. The Morgan fingerprint density at radius 3 is 2.62 bits per heavy atom. The quantitative estimate of drug-likeness (QED) is 0.869. The maximum atomic E-state index is 11.6. The lowest BCUT2D eigenvalue weighted by Gasteiger charge is -2.36. The fourth-order valence-electron chi connectivity index (χ4n) is 2.28. The number of aromatic nitrogens is 1. The first kappa shape index (κ1) is 15.0. The number of carboxylic acid groups (broad SMARTS) is 1. The number of carboxylic acids is 1. The number of rotatable bonds is 4. The second-order valence-corrected chi connectivity index (χ2v) is 5.93. The summed E-state index contributed by atoms with van der Waals surface area (Å²) in [5.41, 5.74) is 0.745. The number of aromatic carboxylic acids is 1. The molecule has 4 nitrogen and oxygen atoms in total. The molecule has 1 aromatic carbocycles. The summed E-state index contributed by atoms with van der Waals surface area (Å²) in [5, 5.41) is 10.3. The standard InChI is InChI=1S/C17H20N2O2/c1-5-10-19(17(2,3)4)15-13(16(20)21)11-12-8-6-7-9-14(12)18-15/h5-9,11H,1,10H2,2-4H3,(H,20,21). The van der Waals surface area contributed by atoms with Gasteiger partial charge in [0.15, 0.2) is 0 Å². The molecular weight excluding hydrogens is 264 g/mol. The second kappa shape index (κ2) is 5.56. The molecule has 0 saturated heterocycles. The molecule has 2 rings (SSSR count). The van der Waals surface area contributed by atoms with Crippen molar-refractivity contribution in [2.24, 2.45) is 0 Å². The fraction of sp³-hybridized carbons (Fsp3) is 0.294. The number of benzene rings is 1. The average Bonchev–Trinajstić information content (AvgIpc) is 2.42. The van der Waals surface area contributed by atoms with Crippen LogP contribution >= 0.6 is 0 Å². The molecule has 1 heterocycles. The highest BCUT2D eigenvalue weighted by atomic mass is 16.4. The Morgan fingerprint density at radius 1 is 1.38 bits per heavy atom. The highest BCUT2D eigenvalue weighted by Crippen LogP contribution is 2.28. The first-order valence-electron chi connectivity index (χ1n) is 6.86. The van der Waals surface area contributed by atoms with E-state index >= 15 is 0 Å². The van der Waals surface area contributed by atoms with E-state index < -0.39 is 5.97 Å². The number of hydrogen-bond donors (Lipinski definition) is 1. The van der Waals surface area contributed by atoms with Crippen LogP contribution in [0.25, 0.3) is 10.9 Å². The molecular formula is C17H20N2O2. The van der Waals surface area contributed by atoms with Gasteiger partial charge in [0.05, 0.1) is 5.52 Å². The van der Waals surface area contributed by atoms with E-state index in [2.05, 4.69) is 11.6 Å². The SMILES string of the molecule is C=CCN(c1nc2ccccc2cc1C(=O)O)C(C)(C)C. The molecule has 0 radical (unpaired) electrons. The van der Waals surface area contributed by atoms with Crippen molar-refractivity contribution in [2.45, 2.75) is 26.3 Å². The van der Waals surface area contributed by atoms with Crippen LogP contribution in [0.2, 0.25) is 0 Å². The molecule has 110 valence electrons. The minimum Gasteiger partial charge on any atom is -0.478 e. The predicted molar refractivity (Wildman–Crippen MR) is 86.0 cm³/mol. The van der Waals surface area contributed by atoms with E-state index in [0.29, 0.717) is 12.4 Å². The molecule has 0 bridgehead atoms. The lowest BCUT2D eigenvalue weighted by atomic mass is 10.0. The van der Waals surface area contributed by atoms with Gasteiger partial charge in [-0.3, -0.25) is 0 Å². The van der Waals surface area contributed by atoms with Gasteiger partial charge >= 0.3 is 5.97 Å². The molecule has 2 aromatic rings. The number of carbonyl (C=O) groups is 1. The lowest BCUT2D eigenvalue weighted by molar-refractivity contribution is 0.0697. The Morgan fingerprint density at radius 2 is 2.05 bits per heavy atom. The zero-order valence-electron chi connectivity index (χ0n) is 12.6. The molecule has 21 heavy (non-hydrogen) atoms. The van der Waals surface area contributed by atoms with Crippen molar-refractivity contribution in [1.29, 1.82) is 0 Å². The molecule has 1 aromatic heterocycles. The maximum Gasteiger partial charge on any atom is 0.339 e.